The van der Waals surface area contributed by atoms with Crippen molar-refractivity contribution in [2.24, 2.45) is 0 Å². The number of halogens is 2. The molecule has 0 spiro atoms. The standard InChI is InChI=1S/C8H6FIO4S/c1-4-6(8(11)12)2-5(10)3-7(4)15(9,13)14/h2-3H,1H3,(H,11,12). The minimum Gasteiger partial charge on any atom is -0.478 e. The molecule has 0 unspecified atom stereocenters. The lowest BCUT2D eigenvalue weighted by Gasteiger charge is -2.05. The second kappa shape index (κ2) is 4.05. The van der Waals surface area contributed by atoms with E-state index in [2.05, 4.69) is 0 Å². The molecule has 1 aromatic carbocycles. The number of rotatable bonds is 2. The summed E-state index contributed by atoms with van der Waals surface area (Å²) in [5.41, 5.74) is -0.302. The van der Waals surface area contributed by atoms with E-state index in [1.807, 2.05) is 0 Å². The minimum atomic E-state index is -4.88. The Balaban J connectivity index is 3.63. The molecule has 0 aliphatic heterocycles. The van der Waals surface area contributed by atoms with Gasteiger partial charge in [-0.05, 0) is 47.2 Å². The van der Waals surface area contributed by atoms with E-state index in [0.29, 0.717) is 3.57 Å². The van der Waals surface area contributed by atoms with Gasteiger partial charge in [-0.3, -0.25) is 0 Å². The van der Waals surface area contributed by atoms with Crippen molar-refractivity contribution >= 4 is 38.8 Å². The van der Waals surface area contributed by atoms with Crippen LogP contribution in [-0.2, 0) is 10.2 Å². The van der Waals surface area contributed by atoms with E-state index in [9.17, 15) is 17.1 Å². The van der Waals surface area contributed by atoms with E-state index >= 15 is 0 Å². The normalized spacial score (nSPS) is 11.4. The molecule has 0 aliphatic rings. The van der Waals surface area contributed by atoms with Crippen LogP contribution in [0.15, 0.2) is 17.0 Å². The topological polar surface area (TPSA) is 71.4 Å². The van der Waals surface area contributed by atoms with Gasteiger partial charge in [0.05, 0.1) is 5.56 Å². The third-order valence-corrected chi connectivity index (χ3v) is 3.39. The van der Waals surface area contributed by atoms with Crippen molar-refractivity contribution < 1.29 is 22.2 Å². The lowest BCUT2D eigenvalue weighted by atomic mass is 10.1. The van der Waals surface area contributed by atoms with Crippen LogP contribution in [0.2, 0.25) is 0 Å². The molecule has 0 aromatic heterocycles. The van der Waals surface area contributed by atoms with E-state index in [1.54, 1.807) is 22.6 Å². The Morgan fingerprint density at radius 1 is 1.47 bits per heavy atom. The highest BCUT2D eigenvalue weighted by molar-refractivity contribution is 14.1. The van der Waals surface area contributed by atoms with E-state index in [1.165, 1.54) is 13.0 Å². The van der Waals surface area contributed by atoms with Crippen LogP contribution in [0.3, 0.4) is 0 Å². The molecule has 0 atom stereocenters. The maximum absolute atomic E-state index is 12.8. The van der Waals surface area contributed by atoms with Crippen LogP contribution in [0.25, 0.3) is 0 Å². The summed E-state index contributed by atoms with van der Waals surface area (Å²) in [7, 11) is -4.88. The van der Waals surface area contributed by atoms with E-state index in [0.717, 1.165) is 6.07 Å². The SMILES string of the molecule is Cc1c(C(=O)O)cc(I)cc1S(=O)(=O)F. The molecule has 0 saturated carbocycles. The first-order chi connectivity index (χ1) is 6.73. The van der Waals surface area contributed by atoms with Crippen LogP contribution < -0.4 is 0 Å². The number of hydrogen-bond acceptors (Lipinski definition) is 3. The van der Waals surface area contributed by atoms with Gasteiger partial charge >= 0.3 is 16.2 Å². The van der Waals surface area contributed by atoms with E-state index in [-0.39, 0.29) is 11.1 Å². The summed E-state index contributed by atoms with van der Waals surface area (Å²) in [6, 6.07) is 2.38. The fraction of sp³-hybridized carbons (Fsp3) is 0.125. The van der Waals surface area contributed by atoms with Gasteiger partial charge < -0.3 is 5.11 Å². The van der Waals surface area contributed by atoms with Gasteiger partial charge in [0.1, 0.15) is 4.90 Å². The first kappa shape index (κ1) is 12.4. The van der Waals surface area contributed by atoms with Crippen LogP contribution in [-0.4, -0.2) is 19.5 Å². The Morgan fingerprint density at radius 3 is 2.40 bits per heavy atom. The molecular formula is C8H6FIO4S. The predicted molar refractivity (Wildman–Crippen MR) is 59.1 cm³/mol. The number of carboxylic acids is 1. The molecular weight excluding hydrogens is 338 g/mol. The highest BCUT2D eigenvalue weighted by atomic mass is 127. The van der Waals surface area contributed by atoms with Gasteiger partial charge in [0.2, 0.25) is 0 Å². The monoisotopic (exact) mass is 344 g/mol. The lowest BCUT2D eigenvalue weighted by Crippen LogP contribution is -2.05. The first-order valence-corrected chi connectivity index (χ1v) is 6.18. The smallest absolute Gasteiger partial charge is 0.336 e. The Morgan fingerprint density at radius 2 is 2.00 bits per heavy atom. The van der Waals surface area contributed by atoms with Crippen molar-refractivity contribution in [2.75, 3.05) is 0 Å². The second-order valence-corrected chi connectivity index (χ2v) is 5.38. The Hall–Kier alpha value is -0.700. The van der Waals surface area contributed by atoms with Crippen molar-refractivity contribution in [3.8, 4) is 0 Å². The summed E-state index contributed by atoms with van der Waals surface area (Å²) in [6.07, 6.45) is 0. The highest BCUT2D eigenvalue weighted by Gasteiger charge is 2.21. The molecule has 1 aromatic rings. The summed E-state index contributed by atoms with van der Waals surface area (Å²) in [6.45, 7) is 1.26. The minimum absolute atomic E-state index is 0.0922. The number of hydrogen-bond donors (Lipinski definition) is 1. The zero-order valence-electron chi connectivity index (χ0n) is 7.49. The molecule has 0 bridgehead atoms. The molecule has 15 heavy (non-hydrogen) atoms. The van der Waals surface area contributed by atoms with E-state index in [4.69, 9.17) is 5.11 Å². The van der Waals surface area contributed by atoms with Crippen molar-refractivity contribution in [3.63, 3.8) is 0 Å². The lowest BCUT2D eigenvalue weighted by molar-refractivity contribution is 0.0695. The Kier molecular flexibility index (Phi) is 3.34. The maximum Gasteiger partial charge on any atom is 0.336 e. The predicted octanol–water partition coefficient (Wildman–Crippen LogP) is 1.96. The van der Waals surface area contributed by atoms with Gasteiger partial charge in [0.15, 0.2) is 0 Å². The summed E-state index contributed by atoms with van der Waals surface area (Å²) >= 11 is 1.73. The molecule has 0 fully saturated rings. The van der Waals surface area contributed by atoms with Crippen LogP contribution in [0.1, 0.15) is 15.9 Å². The van der Waals surface area contributed by atoms with Gasteiger partial charge in [0, 0.05) is 3.57 Å². The molecule has 0 radical (unpaired) electrons. The molecule has 0 heterocycles. The third kappa shape index (κ3) is 2.65. The second-order valence-electron chi connectivity index (χ2n) is 2.82. The Labute approximate surface area is 99.5 Å². The van der Waals surface area contributed by atoms with Crippen molar-refractivity contribution in [1.29, 1.82) is 0 Å². The zero-order valence-corrected chi connectivity index (χ0v) is 10.5. The van der Waals surface area contributed by atoms with Crippen molar-refractivity contribution in [1.82, 2.24) is 0 Å². The molecule has 1 rings (SSSR count). The van der Waals surface area contributed by atoms with Crippen LogP contribution >= 0.6 is 22.6 Å². The number of carbonyl (C=O) groups is 1. The number of benzene rings is 1. The molecule has 1 N–H and O–H groups in total. The van der Waals surface area contributed by atoms with Crippen LogP contribution in [0, 0.1) is 10.5 Å². The molecule has 0 amide bonds. The highest BCUT2D eigenvalue weighted by Crippen LogP contribution is 2.24. The van der Waals surface area contributed by atoms with Crippen molar-refractivity contribution in [3.05, 3.63) is 26.8 Å². The average Bonchev–Trinajstić information content (AvgIpc) is 2.06. The molecule has 82 valence electrons. The van der Waals surface area contributed by atoms with Crippen molar-refractivity contribution in [2.45, 2.75) is 11.8 Å². The van der Waals surface area contributed by atoms with Gasteiger partial charge in [-0.1, -0.05) is 0 Å². The Bertz CT molecular complexity index is 524. The zero-order chi connectivity index (χ0) is 11.8. The summed E-state index contributed by atoms with van der Waals surface area (Å²) in [4.78, 5) is 10.1. The van der Waals surface area contributed by atoms with Gasteiger partial charge in [0.25, 0.3) is 0 Å². The average molecular weight is 344 g/mol. The summed E-state index contributed by atoms with van der Waals surface area (Å²) in [5.74, 6) is -1.28. The fourth-order valence-corrected chi connectivity index (χ4v) is 2.71. The first-order valence-electron chi connectivity index (χ1n) is 3.71. The molecule has 0 aliphatic carbocycles. The number of aromatic carboxylic acids is 1. The van der Waals surface area contributed by atoms with Crippen LogP contribution in [0.5, 0.6) is 0 Å². The van der Waals surface area contributed by atoms with Gasteiger partial charge in [-0.25, -0.2) is 4.79 Å². The fourth-order valence-electron chi connectivity index (χ4n) is 1.13. The maximum atomic E-state index is 12.8. The molecule has 4 nitrogen and oxygen atoms in total. The van der Waals surface area contributed by atoms with Gasteiger partial charge in [-0.15, -0.1) is 3.89 Å². The molecule has 7 heteroatoms. The quantitative estimate of drug-likeness (QED) is 0.658. The van der Waals surface area contributed by atoms with Crippen LogP contribution in [0.4, 0.5) is 3.89 Å². The largest absolute Gasteiger partial charge is 0.478 e. The summed E-state index contributed by atoms with van der Waals surface area (Å²) in [5, 5.41) is 8.76. The third-order valence-electron chi connectivity index (χ3n) is 1.82. The van der Waals surface area contributed by atoms with E-state index < -0.39 is 21.1 Å². The number of carboxylic acid groups (broad SMARTS) is 1. The summed E-state index contributed by atoms with van der Waals surface area (Å²) < 4.78 is 34.6. The van der Waals surface area contributed by atoms with Gasteiger partial charge in [-0.2, -0.15) is 8.42 Å². The molecule has 0 saturated heterocycles.